The van der Waals surface area contributed by atoms with Crippen molar-refractivity contribution in [2.45, 2.75) is 49.4 Å². The number of azide groups is 1. The third-order valence-electron chi connectivity index (χ3n) is 5.59. The number of ether oxygens (including phenoxy) is 2. The number of carbonyl (C=O) groups excluding carboxylic acids is 1. The van der Waals surface area contributed by atoms with Crippen molar-refractivity contribution in [1.29, 1.82) is 0 Å². The Kier molecular flexibility index (Phi) is 6.94. The van der Waals surface area contributed by atoms with E-state index in [4.69, 9.17) is 15.0 Å². The Hall–Kier alpha value is -2.94. The first-order chi connectivity index (χ1) is 14.8. The third-order valence-corrected chi connectivity index (χ3v) is 5.59. The molecule has 1 heterocycles. The predicted molar refractivity (Wildman–Crippen MR) is 111 cm³/mol. The van der Waals surface area contributed by atoms with Gasteiger partial charge in [0.15, 0.2) is 6.29 Å². The zero-order valence-corrected chi connectivity index (χ0v) is 17.0. The minimum atomic E-state index is -2.14. The van der Waals surface area contributed by atoms with Crippen molar-refractivity contribution in [3.8, 4) is 0 Å². The maximum absolute atomic E-state index is 11.9. The van der Waals surface area contributed by atoms with Crippen LogP contribution in [0.1, 0.15) is 18.1 Å². The van der Waals surface area contributed by atoms with E-state index >= 15 is 0 Å². The lowest BCUT2D eigenvalue weighted by Gasteiger charge is -2.55. The molecule has 5 atom stereocenters. The lowest BCUT2D eigenvalue weighted by Crippen LogP contribution is -2.75. The first kappa shape index (κ1) is 22.7. The molecule has 3 rings (SSSR count). The first-order valence-corrected chi connectivity index (χ1v) is 9.84. The maximum atomic E-state index is 11.9. The summed E-state index contributed by atoms with van der Waals surface area (Å²) in [5, 5.41) is 38.0. The largest absolute Gasteiger partial charge is 0.463 e. The molecule has 2 aromatic rings. The molecule has 0 amide bonds. The van der Waals surface area contributed by atoms with Crippen LogP contribution in [0.5, 0.6) is 0 Å². The van der Waals surface area contributed by atoms with Crippen molar-refractivity contribution in [3.63, 3.8) is 0 Å². The van der Waals surface area contributed by atoms with E-state index in [1.54, 1.807) is 54.6 Å². The van der Waals surface area contributed by atoms with Crippen LogP contribution in [0.2, 0.25) is 0 Å². The predicted octanol–water partition coefficient (Wildman–Crippen LogP) is 1.89. The van der Waals surface area contributed by atoms with Gasteiger partial charge >= 0.3 is 5.97 Å². The molecule has 0 saturated carbocycles. The number of esters is 1. The smallest absolute Gasteiger partial charge is 0.302 e. The van der Waals surface area contributed by atoms with Crippen molar-refractivity contribution >= 4 is 5.97 Å². The summed E-state index contributed by atoms with van der Waals surface area (Å²) >= 11 is 0. The van der Waals surface area contributed by atoms with Crippen LogP contribution in [0.25, 0.3) is 10.4 Å². The van der Waals surface area contributed by atoms with Gasteiger partial charge in [0.1, 0.15) is 30.0 Å². The fraction of sp³-hybridized carbons (Fsp3) is 0.409. The van der Waals surface area contributed by atoms with Gasteiger partial charge in [-0.15, -0.1) is 0 Å². The Balaban J connectivity index is 2.12. The topological polar surface area (TPSA) is 145 Å². The molecule has 1 unspecified atom stereocenters. The Morgan fingerprint density at radius 3 is 2.06 bits per heavy atom. The second-order valence-electron chi connectivity index (χ2n) is 7.64. The molecule has 1 aliphatic rings. The summed E-state index contributed by atoms with van der Waals surface area (Å²) in [4.78, 5) is 14.2. The monoisotopic (exact) mass is 427 g/mol. The van der Waals surface area contributed by atoms with Gasteiger partial charge in [-0.2, -0.15) is 0 Å². The van der Waals surface area contributed by atoms with Gasteiger partial charge in [0.25, 0.3) is 0 Å². The van der Waals surface area contributed by atoms with Crippen LogP contribution in [-0.2, 0) is 27.1 Å². The highest BCUT2D eigenvalue weighted by Crippen LogP contribution is 2.43. The summed E-state index contributed by atoms with van der Waals surface area (Å²) in [6.45, 7) is 0.796. The van der Waals surface area contributed by atoms with Crippen LogP contribution in [-0.4, -0.2) is 57.5 Å². The van der Waals surface area contributed by atoms with Crippen molar-refractivity contribution in [1.82, 2.24) is 0 Å². The molecule has 9 heteroatoms. The molecule has 2 aromatic carbocycles. The quantitative estimate of drug-likeness (QED) is 0.266. The fourth-order valence-electron chi connectivity index (χ4n) is 4.04. The van der Waals surface area contributed by atoms with E-state index in [2.05, 4.69) is 10.0 Å². The molecule has 1 saturated heterocycles. The molecule has 0 radical (unpaired) electrons. The molecule has 0 spiro atoms. The fourth-order valence-corrected chi connectivity index (χ4v) is 4.04. The second kappa shape index (κ2) is 9.47. The summed E-state index contributed by atoms with van der Waals surface area (Å²) < 4.78 is 10.6. The van der Waals surface area contributed by atoms with Crippen LogP contribution in [0, 0.1) is 0 Å². The van der Waals surface area contributed by atoms with E-state index < -0.39 is 42.2 Å². The Morgan fingerprint density at radius 2 is 1.58 bits per heavy atom. The molecule has 0 bridgehead atoms. The standard InChI is InChI=1S/C22H25N3O6/c1-15(26)30-14-18-21(28,12-16-8-4-2-5-9-16)22(29,13-17-10-6-3-7-11-17)19(24-25-23)20(27)31-18/h2-11,18-20,27-29H,12-14H2,1H3/t18-,19+,20?,21-,22-/m1/s1. The van der Waals surface area contributed by atoms with Gasteiger partial charge in [0.2, 0.25) is 0 Å². The molecule has 0 aromatic heterocycles. The van der Waals surface area contributed by atoms with Gasteiger partial charge < -0.3 is 24.8 Å². The van der Waals surface area contributed by atoms with Crippen LogP contribution in [0.3, 0.4) is 0 Å². The first-order valence-electron chi connectivity index (χ1n) is 9.84. The number of carbonyl (C=O) groups is 1. The molecule has 164 valence electrons. The maximum Gasteiger partial charge on any atom is 0.302 e. The molecule has 1 aliphatic heterocycles. The van der Waals surface area contributed by atoms with E-state index in [-0.39, 0.29) is 12.8 Å². The highest BCUT2D eigenvalue weighted by Gasteiger charge is 2.64. The Morgan fingerprint density at radius 1 is 1.06 bits per heavy atom. The van der Waals surface area contributed by atoms with Crippen LogP contribution >= 0.6 is 0 Å². The molecule has 1 fully saturated rings. The Labute approximate surface area is 179 Å². The minimum Gasteiger partial charge on any atom is -0.463 e. The summed E-state index contributed by atoms with van der Waals surface area (Å²) in [7, 11) is 0. The normalized spacial score (nSPS) is 30.3. The molecule has 9 nitrogen and oxygen atoms in total. The summed E-state index contributed by atoms with van der Waals surface area (Å²) in [6.07, 6.45) is -3.25. The molecule has 3 N–H and O–H groups in total. The van der Waals surface area contributed by atoms with E-state index in [1.165, 1.54) is 6.92 Å². The zero-order chi connectivity index (χ0) is 22.5. The average molecular weight is 427 g/mol. The van der Waals surface area contributed by atoms with E-state index in [1.807, 2.05) is 6.07 Å². The third kappa shape index (κ3) is 4.71. The number of nitrogens with zero attached hydrogens (tertiary/aromatic N) is 3. The van der Waals surface area contributed by atoms with Crippen LogP contribution in [0.15, 0.2) is 65.8 Å². The number of rotatable bonds is 7. The number of aliphatic hydroxyl groups excluding tert-OH is 1. The van der Waals surface area contributed by atoms with Crippen LogP contribution < -0.4 is 0 Å². The van der Waals surface area contributed by atoms with Crippen molar-refractivity contribution in [3.05, 3.63) is 82.2 Å². The van der Waals surface area contributed by atoms with Gasteiger partial charge in [-0.05, 0) is 16.7 Å². The zero-order valence-electron chi connectivity index (χ0n) is 17.0. The number of aliphatic hydroxyl groups is 3. The summed E-state index contributed by atoms with van der Waals surface area (Å²) in [5.74, 6) is -0.607. The van der Waals surface area contributed by atoms with Gasteiger partial charge in [-0.1, -0.05) is 65.8 Å². The van der Waals surface area contributed by atoms with Gasteiger partial charge in [-0.3, -0.25) is 4.79 Å². The van der Waals surface area contributed by atoms with E-state index in [0.29, 0.717) is 11.1 Å². The molecular formula is C22H25N3O6. The Bertz CT molecular complexity index is 937. The van der Waals surface area contributed by atoms with Gasteiger partial charge in [-0.25, -0.2) is 0 Å². The van der Waals surface area contributed by atoms with Crippen molar-refractivity contribution in [2.75, 3.05) is 6.61 Å². The SMILES string of the molecule is CC(=O)OC[C@H]1OC(O)[C@H](N=[N+]=[N-])[C@](O)(Cc2ccccc2)[C@@]1(O)Cc1ccccc1. The van der Waals surface area contributed by atoms with E-state index in [9.17, 15) is 20.1 Å². The summed E-state index contributed by atoms with van der Waals surface area (Å²) in [5.41, 5.74) is 6.17. The van der Waals surface area contributed by atoms with Crippen molar-refractivity contribution in [2.24, 2.45) is 5.11 Å². The number of benzene rings is 2. The van der Waals surface area contributed by atoms with Gasteiger partial charge in [0.05, 0.1) is 0 Å². The van der Waals surface area contributed by atoms with Gasteiger partial charge in [0, 0.05) is 24.7 Å². The minimum absolute atomic E-state index is 0.104. The van der Waals surface area contributed by atoms with E-state index in [0.717, 1.165) is 0 Å². The molecule has 0 aliphatic carbocycles. The highest BCUT2D eigenvalue weighted by molar-refractivity contribution is 5.65. The van der Waals surface area contributed by atoms with Crippen LogP contribution in [0.4, 0.5) is 0 Å². The second-order valence-corrected chi connectivity index (χ2v) is 7.64. The summed E-state index contributed by atoms with van der Waals surface area (Å²) in [6, 6.07) is 16.2. The number of hydrogen-bond acceptors (Lipinski definition) is 7. The highest BCUT2D eigenvalue weighted by atomic mass is 16.6. The lowest BCUT2D eigenvalue weighted by molar-refractivity contribution is -0.324. The average Bonchev–Trinajstić information content (AvgIpc) is 2.75. The molecule has 31 heavy (non-hydrogen) atoms. The number of hydrogen-bond donors (Lipinski definition) is 3. The lowest BCUT2D eigenvalue weighted by atomic mass is 9.66. The van der Waals surface area contributed by atoms with Crippen molar-refractivity contribution < 1.29 is 29.6 Å². The molecular weight excluding hydrogens is 402 g/mol.